The first kappa shape index (κ1) is 8.24. The van der Waals surface area contributed by atoms with E-state index < -0.39 is 0 Å². The summed E-state index contributed by atoms with van der Waals surface area (Å²) in [4.78, 5) is 4.33. The molecule has 1 saturated heterocycles. The summed E-state index contributed by atoms with van der Waals surface area (Å²) in [5, 5.41) is 3.48. The van der Waals surface area contributed by atoms with Crippen molar-refractivity contribution in [1.29, 1.82) is 0 Å². The average Bonchev–Trinajstić information content (AvgIpc) is 2.86. The molecule has 0 bridgehead atoms. The molecule has 3 heteroatoms. The normalized spacial score (nSPS) is 30.0. The van der Waals surface area contributed by atoms with Crippen molar-refractivity contribution in [3.63, 3.8) is 0 Å². The smallest absolute Gasteiger partial charge is 0.141 e. The van der Waals surface area contributed by atoms with Crippen molar-refractivity contribution in [1.82, 2.24) is 10.3 Å². The van der Waals surface area contributed by atoms with Gasteiger partial charge in [0.2, 0.25) is 0 Å². The number of hydrogen-bond acceptors (Lipinski definition) is 3. The van der Waals surface area contributed by atoms with Gasteiger partial charge in [-0.1, -0.05) is 0 Å². The molecule has 0 saturated carbocycles. The van der Waals surface area contributed by atoms with Gasteiger partial charge in [-0.05, 0) is 31.5 Å². The average molecular weight is 190 g/mol. The first-order valence-electron chi connectivity index (χ1n) is 5.27. The van der Waals surface area contributed by atoms with E-state index >= 15 is 0 Å². The second kappa shape index (κ2) is 3.24. The Labute approximate surface area is 83.5 Å². The van der Waals surface area contributed by atoms with Gasteiger partial charge in [-0.15, -0.1) is 0 Å². The summed E-state index contributed by atoms with van der Waals surface area (Å²) in [5.41, 5.74) is 1.12. The first-order valence-corrected chi connectivity index (χ1v) is 5.27. The quantitative estimate of drug-likeness (QED) is 0.721. The third-order valence-corrected chi connectivity index (χ3v) is 3.07. The van der Waals surface area contributed by atoms with Gasteiger partial charge in [0.1, 0.15) is 11.9 Å². The molecule has 14 heavy (non-hydrogen) atoms. The van der Waals surface area contributed by atoms with Crippen LogP contribution in [-0.2, 0) is 6.42 Å². The van der Waals surface area contributed by atoms with E-state index in [9.17, 15) is 0 Å². The zero-order chi connectivity index (χ0) is 9.38. The topological polar surface area (TPSA) is 34.1 Å². The molecule has 1 aromatic heterocycles. The van der Waals surface area contributed by atoms with Gasteiger partial charge in [-0.2, -0.15) is 0 Å². The van der Waals surface area contributed by atoms with Crippen LogP contribution < -0.4 is 10.1 Å². The number of hydrogen-bond donors (Lipinski definition) is 1. The zero-order valence-corrected chi connectivity index (χ0v) is 8.07. The van der Waals surface area contributed by atoms with E-state index in [0.29, 0.717) is 12.1 Å². The molecule has 1 N–H and O–H groups in total. The molecule has 3 heterocycles. The molecule has 2 aliphatic heterocycles. The predicted octanol–water partition coefficient (Wildman–Crippen LogP) is 1.14. The fourth-order valence-electron chi connectivity index (χ4n) is 2.33. The molecule has 0 aromatic carbocycles. The van der Waals surface area contributed by atoms with Crippen molar-refractivity contribution in [2.45, 2.75) is 31.4 Å². The standard InChI is InChI=1S/C11H14N2O/c1-3-8(12-5-1)11-7-9-10(14-11)4-2-6-13-9/h2,4,6,8,11-12H,1,3,5,7H2/t8?,11-/m0/s1. The Morgan fingerprint density at radius 3 is 3.29 bits per heavy atom. The fourth-order valence-corrected chi connectivity index (χ4v) is 2.33. The number of nitrogens with zero attached hydrogens (tertiary/aromatic N) is 1. The van der Waals surface area contributed by atoms with Gasteiger partial charge in [0.05, 0.1) is 5.69 Å². The SMILES string of the molecule is c1cnc2c(c1)O[C@H](C1CCCN1)C2. The third-order valence-electron chi connectivity index (χ3n) is 3.07. The van der Waals surface area contributed by atoms with Crippen LogP contribution in [0.2, 0.25) is 0 Å². The van der Waals surface area contributed by atoms with E-state index in [-0.39, 0.29) is 0 Å². The molecule has 3 nitrogen and oxygen atoms in total. The van der Waals surface area contributed by atoms with Crippen molar-refractivity contribution >= 4 is 0 Å². The molecule has 0 aliphatic carbocycles. The lowest BCUT2D eigenvalue weighted by molar-refractivity contribution is 0.188. The predicted molar refractivity (Wildman–Crippen MR) is 53.4 cm³/mol. The van der Waals surface area contributed by atoms with Crippen molar-refractivity contribution in [2.24, 2.45) is 0 Å². The van der Waals surface area contributed by atoms with Gasteiger partial charge in [0, 0.05) is 18.7 Å². The number of nitrogens with one attached hydrogen (secondary N) is 1. The van der Waals surface area contributed by atoms with Gasteiger partial charge in [-0.25, -0.2) is 0 Å². The maximum Gasteiger partial charge on any atom is 0.141 e. The van der Waals surface area contributed by atoms with Gasteiger partial charge in [0.15, 0.2) is 0 Å². The van der Waals surface area contributed by atoms with E-state index in [4.69, 9.17) is 4.74 Å². The van der Waals surface area contributed by atoms with E-state index in [2.05, 4.69) is 10.3 Å². The van der Waals surface area contributed by atoms with Crippen molar-refractivity contribution in [3.05, 3.63) is 24.0 Å². The molecule has 0 spiro atoms. The largest absolute Gasteiger partial charge is 0.486 e. The van der Waals surface area contributed by atoms with Crippen LogP contribution in [0.1, 0.15) is 18.5 Å². The van der Waals surface area contributed by atoms with Gasteiger partial charge >= 0.3 is 0 Å². The van der Waals surface area contributed by atoms with Crippen LogP contribution in [0.3, 0.4) is 0 Å². The second-order valence-corrected chi connectivity index (χ2v) is 4.01. The van der Waals surface area contributed by atoms with Gasteiger partial charge < -0.3 is 10.1 Å². The summed E-state index contributed by atoms with van der Waals surface area (Å²) in [7, 11) is 0. The zero-order valence-electron chi connectivity index (χ0n) is 8.07. The number of pyridine rings is 1. The van der Waals surface area contributed by atoms with Crippen LogP contribution in [0.4, 0.5) is 0 Å². The molecule has 2 atom stereocenters. The van der Waals surface area contributed by atoms with Crippen LogP contribution in [0.15, 0.2) is 18.3 Å². The number of fused-ring (bicyclic) bond motifs is 1. The molecule has 74 valence electrons. The highest BCUT2D eigenvalue weighted by molar-refractivity contribution is 5.32. The van der Waals surface area contributed by atoms with Crippen LogP contribution in [0, 0.1) is 0 Å². The van der Waals surface area contributed by atoms with E-state index in [1.807, 2.05) is 18.3 Å². The minimum Gasteiger partial charge on any atom is -0.486 e. The summed E-state index contributed by atoms with van der Waals surface area (Å²) in [6.45, 7) is 1.13. The Morgan fingerprint density at radius 2 is 2.50 bits per heavy atom. The molecule has 0 amide bonds. The Bertz CT molecular complexity index is 309. The lowest BCUT2D eigenvalue weighted by atomic mass is 10.1. The van der Waals surface area contributed by atoms with Crippen molar-refractivity contribution < 1.29 is 4.74 Å². The minimum absolute atomic E-state index is 0.308. The lowest BCUT2D eigenvalue weighted by Crippen LogP contribution is -2.37. The molecule has 1 aromatic rings. The number of aromatic nitrogens is 1. The summed E-state index contributed by atoms with van der Waals surface area (Å²) in [5.74, 6) is 0.978. The summed E-state index contributed by atoms with van der Waals surface area (Å²) >= 11 is 0. The Hall–Kier alpha value is -1.09. The first-order chi connectivity index (χ1) is 6.93. The maximum absolute atomic E-state index is 5.87. The van der Waals surface area contributed by atoms with Crippen LogP contribution in [0.5, 0.6) is 5.75 Å². The molecule has 0 radical (unpaired) electrons. The number of ether oxygens (including phenoxy) is 1. The molecular formula is C11H14N2O. The van der Waals surface area contributed by atoms with Crippen LogP contribution in [-0.4, -0.2) is 23.7 Å². The van der Waals surface area contributed by atoms with E-state index in [1.165, 1.54) is 12.8 Å². The van der Waals surface area contributed by atoms with Gasteiger partial charge in [0.25, 0.3) is 0 Å². The summed E-state index contributed by atoms with van der Waals surface area (Å²) in [6, 6.07) is 4.48. The summed E-state index contributed by atoms with van der Waals surface area (Å²) in [6.07, 6.45) is 5.62. The van der Waals surface area contributed by atoms with E-state index in [1.54, 1.807) is 0 Å². The van der Waals surface area contributed by atoms with Crippen LogP contribution >= 0.6 is 0 Å². The third kappa shape index (κ3) is 1.28. The Balaban J connectivity index is 1.77. The lowest BCUT2D eigenvalue weighted by Gasteiger charge is -2.17. The minimum atomic E-state index is 0.308. The van der Waals surface area contributed by atoms with Gasteiger partial charge in [-0.3, -0.25) is 4.98 Å². The fraction of sp³-hybridized carbons (Fsp3) is 0.545. The number of rotatable bonds is 1. The molecule has 1 fully saturated rings. The Morgan fingerprint density at radius 1 is 1.50 bits per heavy atom. The van der Waals surface area contributed by atoms with Crippen molar-refractivity contribution in [2.75, 3.05) is 6.54 Å². The van der Waals surface area contributed by atoms with E-state index in [0.717, 1.165) is 24.4 Å². The molecule has 1 unspecified atom stereocenters. The van der Waals surface area contributed by atoms with Crippen LogP contribution in [0.25, 0.3) is 0 Å². The highest BCUT2D eigenvalue weighted by Gasteiger charge is 2.32. The Kier molecular flexibility index (Phi) is 1.91. The monoisotopic (exact) mass is 190 g/mol. The molecule has 2 aliphatic rings. The van der Waals surface area contributed by atoms with Crippen molar-refractivity contribution in [3.8, 4) is 5.75 Å². The second-order valence-electron chi connectivity index (χ2n) is 4.01. The summed E-state index contributed by atoms with van der Waals surface area (Å²) < 4.78 is 5.87. The molecular weight excluding hydrogens is 176 g/mol. The highest BCUT2D eigenvalue weighted by atomic mass is 16.5. The molecule has 3 rings (SSSR count). The maximum atomic E-state index is 5.87. The highest BCUT2D eigenvalue weighted by Crippen LogP contribution is 2.29.